The summed E-state index contributed by atoms with van der Waals surface area (Å²) in [6.07, 6.45) is 4.53. The van der Waals surface area contributed by atoms with Gasteiger partial charge in [-0.15, -0.1) is 11.3 Å². The fourth-order valence-corrected chi connectivity index (χ4v) is 3.13. The van der Waals surface area contributed by atoms with E-state index < -0.39 is 0 Å². The van der Waals surface area contributed by atoms with Gasteiger partial charge in [0.15, 0.2) is 0 Å². The number of carbonyl (C=O) groups excluding carboxylic acids is 1. The summed E-state index contributed by atoms with van der Waals surface area (Å²) in [5.41, 5.74) is 1.62. The minimum Gasteiger partial charge on any atom is -0.361 e. The first-order valence-corrected chi connectivity index (χ1v) is 7.69. The predicted molar refractivity (Wildman–Crippen MR) is 85.8 cm³/mol. The van der Waals surface area contributed by atoms with Gasteiger partial charge in [-0.25, -0.2) is 4.98 Å². The average molecular weight is 299 g/mol. The number of hydrogen-bond donors (Lipinski definition) is 1. The van der Waals surface area contributed by atoms with Crippen molar-refractivity contribution in [2.24, 2.45) is 0 Å². The van der Waals surface area contributed by atoms with Crippen LogP contribution in [0.1, 0.15) is 20.2 Å². The van der Waals surface area contributed by atoms with Crippen molar-refractivity contribution in [3.05, 3.63) is 52.1 Å². The lowest BCUT2D eigenvalue weighted by Gasteiger charge is -2.17. The van der Waals surface area contributed by atoms with Crippen LogP contribution in [0.15, 0.2) is 36.7 Å². The molecule has 21 heavy (non-hydrogen) atoms. The minimum atomic E-state index is 0.0383. The van der Waals surface area contributed by atoms with Gasteiger partial charge >= 0.3 is 0 Å². The van der Waals surface area contributed by atoms with Crippen molar-refractivity contribution in [2.45, 2.75) is 13.3 Å². The molecule has 3 aromatic rings. The Morgan fingerprint density at radius 2 is 2.24 bits per heavy atom. The summed E-state index contributed by atoms with van der Waals surface area (Å²) in [6, 6.07) is 7.76. The Hall–Kier alpha value is -2.14. The van der Waals surface area contributed by atoms with Gasteiger partial charge in [-0.1, -0.05) is 12.1 Å². The van der Waals surface area contributed by atoms with Crippen LogP contribution in [0.2, 0.25) is 0 Å². The molecule has 1 aromatic carbocycles. The highest BCUT2D eigenvalue weighted by atomic mass is 32.1. The van der Waals surface area contributed by atoms with Crippen molar-refractivity contribution >= 4 is 28.1 Å². The van der Waals surface area contributed by atoms with E-state index in [-0.39, 0.29) is 5.91 Å². The molecule has 0 radical (unpaired) electrons. The number of aromatic amines is 1. The first-order valence-electron chi connectivity index (χ1n) is 6.88. The second kappa shape index (κ2) is 5.69. The zero-order valence-electron chi connectivity index (χ0n) is 12.1. The van der Waals surface area contributed by atoms with Crippen molar-refractivity contribution in [3.8, 4) is 0 Å². The highest BCUT2D eigenvalue weighted by Gasteiger charge is 2.15. The second-order valence-electron chi connectivity index (χ2n) is 5.09. The Morgan fingerprint density at radius 1 is 1.38 bits per heavy atom. The molecular weight excluding hydrogens is 282 g/mol. The standard InChI is InChI=1S/C16H17N3OS/c1-11-10-18-14(21-11)7-9-19(2)16(20)13-5-3-4-12-6-8-17-15(12)13/h3-6,8,10,17H,7,9H2,1-2H3. The van der Waals surface area contributed by atoms with Crippen LogP contribution in [0.4, 0.5) is 0 Å². The molecule has 0 aliphatic rings. The van der Waals surface area contributed by atoms with E-state index in [1.165, 1.54) is 4.88 Å². The molecule has 0 fully saturated rings. The first kappa shape index (κ1) is 13.8. The van der Waals surface area contributed by atoms with Crippen molar-refractivity contribution in [2.75, 3.05) is 13.6 Å². The van der Waals surface area contributed by atoms with Gasteiger partial charge in [-0.05, 0) is 19.1 Å². The van der Waals surface area contributed by atoms with Crippen LogP contribution >= 0.6 is 11.3 Å². The number of aryl methyl sites for hydroxylation is 1. The lowest BCUT2D eigenvalue weighted by molar-refractivity contribution is 0.0798. The molecule has 0 aliphatic carbocycles. The summed E-state index contributed by atoms with van der Waals surface area (Å²) in [6.45, 7) is 2.71. The van der Waals surface area contributed by atoms with Gasteiger partial charge in [0, 0.05) is 42.7 Å². The van der Waals surface area contributed by atoms with Crippen LogP contribution in [0, 0.1) is 6.92 Å². The van der Waals surface area contributed by atoms with E-state index in [9.17, 15) is 4.79 Å². The zero-order valence-corrected chi connectivity index (χ0v) is 12.9. The molecule has 0 aliphatic heterocycles. The topological polar surface area (TPSA) is 49.0 Å². The molecule has 2 heterocycles. The van der Waals surface area contributed by atoms with Gasteiger partial charge in [0.25, 0.3) is 5.91 Å². The number of likely N-dealkylation sites (N-methyl/N-ethyl adjacent to an activating group) is 1. The van der Waals surface area contributed by atoms with Crippen LogP contribution in [-0.4, -0.2) is 34.4 Å². The fourth-order valence-electron chi connectivity index (χ4n) is 2.35. The maximum Gasteiger partial charge on any atom is 0.255 e. The smallest absolute Gasteiger partial charge is 0.255 e. The quantitative estimate of drug-likeness (QED) is 0.804. The molecule has 0 saturated heterocycles. The van der Waals surface area contributed by atoms with E-state index >= 15 is 0 Å². The number of nitrogens with one attached hydrogen (secondary N) is 1. The van der Waals surface area contributed by atoms with E-state index in [0.717, 1.165) is 27.9 Å². The fraction of sp³-hybridized carbons (Fsp3) is 0.250. The molecular formula is C16H17N3OS. The SMILES string of the molecule is Cc1cnc(CCN(C)C(=O)c2cccc3cc[nH]c23)s1. The van der Waals surface area contributed by atoms with E-state index in [2.05, 4.69) is 9.97 Å². The second-order valence-corrected chi connectivity index (χ2v) is 6.41. The van der Waals surface area contributed by atoms with Crippen LogP contribution in [0.25, 0.3) is 10.9 Å². The number of fused-ring (bicyclic) bond motifs is 1. The maximum atomic E-state index is 12.6. The number of thiazole rings is 1. The highest BCUT2D eigenvalue weighted by Crippen LogP contribution is 2.18. The van der Waals surface area contributed by atoms with Crippen LogP contribution in [-0.2, 0) is 6.42 Å². The maximum absolute atomic E-state index is 12.6. The van der Waals surface area contributed by atoms with Crippen molar-refractivity contribution in [1.82, 2.24) is 14.9 Å². The van der Waals surface area contributed by atoms with Crippen molar-refractivity contribution in [3.63, 3.8) is 0 Å². The zero-order chi connectivity index (χ0) is 14.8. The van der Waals surface area contributed by atoms with E-state index in [0.29, 0.717) is 6.54 Å². The summed E-state index contributed by atoms with van der Waals surface area (Å²) in [5, 5.41) is 2.13. The molecule has 2 aromatic heterocycles. The third-order valence-corrected chi connectivity index (χ3v) is 4.47. The minimum absolute atomic E-state index is 0.0383. The molecule has 4 nitrogen and oxygen atoms in total. The summed E-state index contributed by atoms with van der Waals surface area (Å²) >= 11 is 1.69. The molecule has 0 unspecified atom stereocenters. The van der Waals surface area contributed by atoms with Gasteiger partial charge in [-0.3, -0.25) is 4.79 Å². The van der Waals surface area contributed by atoms with Gasteiger partial charge in [0.2, 0.25) is 0 Å². The molecule has 5 heteroatoms. The molecule has 1 amide bonds. The Balaban J connectivity index is 1.73. The molecule has 0 spiro atoms. The number of para-hydroxylation sites is 1. The molecule has 108 valence electrons. The van der Waals surface area contributed by atoms with Gasteiger partial charge < -0.3 is 9.88 Å². The van der Waals surface area contributed by atoms with Gasteiger partial charge in [-0.2, -0.15) is 0 Å². The summed E-state index contributed by atoms with van der Waals surface area (Å²) < 4.78 is 0. The summed E-state index contributed by atoms with van der Waals surface area (Å²) in [4.78, 5) is 23.0. The molecule has 0 saturated carbocycles. The largest absolute Gasteiger partial charge is 0.361 e. The number of hydrogen-bond acceptors (Lipinski definition) is 3. The van der Waals surface area contributed by atoms with Gasteiger partial charge in [0.05, 0.1) is 16.1 Å². The monoisotopic (exact) mass is 299 g/mol. The van der Waals surface area contributed by atoms with Gasteiger partial charge in [0.1, 0.15) is 0 Å². The number of rotatable bonds is 4. The molecule has 1 N–H and O–H groups in total. The Bertz CT molecular complexity index is 775. The van der Waals surface area contributed by atoms with E-state index in [1.807, 2.05) is 50.6 Å². The number of aromatic nitrogens is 2. The number of carbonyl (C=O) groups is 1. The third-order valence-electron chi connectivity index (χ3n) is 3.49. The van der Waals surface area contributed by atoms with Crippen LogP contribution in [0.3, 0.4) is 0 Å². The number of nitrogens with zero attached hydrogens (tertiary/aromatic N) is 2. The van der Waals surface area contributed by atoms with E-state index in [4.69, 9.17) is 0 Å². The van der Waals surface area contributed by atoms with Crippen LogP contribution in [0.5, 0.6) is 0 Å². The predicted octanol–water partition coefficient (Wildman–Crippen LogP) is 3.25. The Kier molecular flexibility index (Phi) is 3.75. The average Bonchev–Trinajstić information content (AvgIpc) is 3.12. The molecule has 3 rings (SSSR count). The van der Waals surface area contributed by atoms with E-state index in [1.54, 1.807) is 16.2 Å². The number of benzene rings is 1. The first-order chi connectivity index (χ1) is 10.1. The Labute approximate surface area is 127 Å². The number of amides is 1. The normalized spacial score (nSPS) is 11.0. The Morgan fingerprint density at radius 3 is 3.00 bits per heavy atom. The van der Waals surface area contributed by atoms with Crippen LogP contribution < -0.4 is 0 Å². The summed E-state index contributed by atoms with van der Waals surface area (Å²) in [5.74, 6) is 0.0383. The lowest BCUT2D eigenvalue weighted by atomic mass is 10.1. The number of H-pyrrole nitrogens is 1. The molecule has 0 atom stereocenters. The third kappa shape index (κ3) is 2.83. The highest BCUT2D eigenvalue weighted by molar-refractivity contribution is 7.11. The lowest BCUT2D eigenvalue weighted by Crippen LogP contribution is -2.29. The van der Waals surface area contributed by atoms with Crippen molar-refractivity contribution in [1.29, 1.82) is 0 Å². The summed E-state index contributed by atoms with van der Waals surface area (Å²) in [7, 11) is 1.84. The van der Waals surface area contributed by atoms with Crippen molar-refractivity contribution < 1.29 is 4.79 Å². The molecule has 0 bridgehead atoms.